The highest BCUT2D eigenvalue weighted by molar-refractivity contribution is 7.86. The van der Waals surface area contributed by atoms with E-state index in [-0.39, 0.29) is 6.04 Å². The van der Waals surface area contributed by atoms with Crippen LogP contribution in [0.1, 0.15) is 36.6 Å². The van der Waals surface area contributed by atoms with Crippen LogP contribution in [-0.4, -0.2) is 60.1 Å². The van der Waals surface area contributed by atoms with E-state index in [2.05, 4.69) is 10.2 Å². The SMILES string of the molecule is Cc1cn[nH]c1[C@H]1CCCCN1S(=O)(=O)N1CCOCC1. The zero-order chi connectivity index (χ0) is 14.9. The van der Waals surface area contributed by atoms with Gasteiger partial charge in [-0.1, -0.05) is 6.42 Å². The van der Waals surface area contributed by atoms with E-state index < -0.39 is 10.2 Å². The minimum Gasteiger partial charge on any atom is -0.379 e. The molecule has 1 atom stereocenters. The second-order valence-electron chi connectivity index (χ2n) is 5.61. The third kappa shape index (κ3) is 2.85. The van der Waals surface area contributed by atoms with Gasteiger partial charge >= 0.3 is 0 Å². The van der Waals surface area contributed by atoms with Crippen LogP contribution in [0.5, 0.6) is 0 Å². The van der Waals surface area contributed by atoms with Crippen LogP contribution in [0.25, 0.3) is 0 Å². The fourth-order valence-electron chi connectivity index (χ4n) is 3.09. The number of aromatic amines is 1. The summed E-state index contributed by atoms with van der Waals surface area (Å²) in [4.78, 5) is 0. The Labute approximate surface area is 125 Å². The van der Waals surface area contributed by atoms with Crippen LogP contribution in [0.3, 0.4) is 0 Å². The molecule has 1 aromatic heterocycles. The third-order valence-electron chi connectivity index (χ3n) is 4.25. The first kappa shape index (κ1) is 15.0. The van der Waals surface area contributed by atoms with Gasteiger partial charge in [0.05, 0.1) is 31.1 Å². The molecule has 2 fully saturated rings. The fraction of sp³-hybridized carbons (Fsp3) is 0.769. The number of piperidine rings is 1. The van der Waals surface area contributed by atoms with Gasteiger partial charge < -0.3 is 4.74 Å². The van der Waals surface area contributed by atoms with E-state index in [0.29, 0.717) is 32.8 Å². The Balaban J connectivity index is 1.88. The molecule has 0 amide bonds. The zero-order valence-corrected chi connectivity index (χ0v) is 13.1. The van der Waals surface area contributed by atoms with Gasteiger partial charge in [-0.25, -0.2) is 0 Å². The minimum absolute atomic E-state index is 0.130. The highest BCUT2D eigenvalue weighted by Crippen LogP contribution is 2.34. The predicted octanol–water partition coefficient (Wildman–Crippen LogP) is 0.822. The lowest BCUT2D eigenvalue weighted by Gasteiger charge is -2.38. The molecule has 0 unspecified atom stereocenters. The molecule has 21 heavy (non-hydrogen) atoms. The Morgan fingerprint density at radius 1 is 1.29 bits per heavy atom. The number of rotatable bonds is 3. The van der Waals surface area contributed by atoms with Crippen molar-refractivity contribution in [1.29, 1.82) is 0 Å². The summed E-state index contributed by atoms with van der Waals surface area (Å²) in [5.41, 5.74) is 1.94. The molecule has 0 radical (unpaired) electrons. The molecular weight excluding hydrogens is 292 g/mol. The molecule has 2 aliphatic rings. The molecule has 2 aliphatic heterocycles. The summed E-state index contributed by atoms with van der Waals surface area (Å²) < 4.78 is 34.3. The molecule has 7 nitrogen and oxygen atoms in total. The monoisotopic (exact) mass is 314 g/mol. The van der Waals surface area contributed by atoms with Gasteiger partial charge in [0.2, 0.25) is 0 Å². The molecular formula is C13H22N4O3S. The first-order valence-electron chi connectivity index (χ1n) is 7.45. The van der Waals surface area contributed by atoms with Crippen molar-refractivity contribution in [2.75, 3.05) is 32.8 Å². The molecule has 3 heterocycles. The number of ether oxygens (including phenoxy) is 1. The molecule has 0 bridgehead atoms. The summed E-state index contributed by atoms with van der Waals surface area (Å²) in [5.74, 6) is 0. The Morgan fingerprint density at radius 2 is 2.05 bits per heavy atom. The molecule has 3 rings (SSSR count). The maximum absolute atomic E-state index is 12.9. The fourth-order valence-corrected chi connectivity index (χ4v) is 4.89. The summed E-state index contributed by atoms with van der Waals surface area (Å²) in [7, 11) is -3.44. The van der Waals surface area contributed by atoms with Gasteiger partial charge in [0.25, 0.3) is 10.2 Å². The molecule has 0 aliphatic carbocycles. The first-order chi connectivity index (χ1) is 10.1. The van der Waals surface area contributed by atoms with Crippen LogP contribution in [0.4, 0.5) is 0 Å². The van der Waals surface area contributed by atoms with Crippen molar-refractivity contribution in [3.63, 3.8) is 0 Å². The van der Waals surface area contributed by atoms with Crippen LogP contribution in [0.15, 0.2) is 6.20 Å². The molecule has 2 saturated heterocycles. The molecule has 1 N–H and O–H groups in total. The Bertz CT molecular complexity index is 580. The van der Waals surface area contributed by atoms with Gasteiger partial charge in [-0.05, 0) is 25.3 Å². The van der Waals surface area contributed by atoms with Crippen LogP contribution < -0.4 is 0 Å². The van der Waals surface area contributed by atoms with Crippen LogP contribution >= 0.6 is 0 Å². The van der Waals surface area contributed by atoms with Crippen molar-refractivity contribution in [2.24, 2.45) is 0 Å². The normalized spacial score (nSPS) is 26.0. The van der Waals surface area contributed by atoms with Gasteiger partial charge in [-0.2, -0.15) is 22.1 Å². The first-order valence-corrected chi connectivity index (χ1v) is 8.85. The number of nitrogens with one attached hydrogen (secondary N) is 1. The van der Waals surface area contributed by atoms with Gasteiger partial charge in [0.1, 0.15) is 0 Å². The number of aromatic nitrogens is 2. The lowest BCUT2D eigenvalue weighted by atomic mass is 10.00. The van der Waals surface area contributed by atoms with Crippen molar-refractivity contribution in [3.05, 3.63) is 17.5 Å². The molecule has 118 valence electrons. The summed E-state index contributed by atoms with van der Waals surface area (Å²) in [5, 5.41) is 7.03. The molecule has 0 saturated carbocycles. The second-order valence-corrected chi connectivity index (χ2v) is 7.49. The van der Waals surface area contributed by atoms with E-state index >= 15 is 0 Å². The Hall–Kier alpha value is -0.960. The largest absolute Gasteiger partial charge is 0.379 e. The molecule has 1 aromatic rings. The quantitative estimate of drug-likeness (QED) is 0.896. The third-order valence-corrected chi connectivity index (χ3v) is 6.30. The van der Waals surface area contributed by atoms with Crippen LogP contribution in [0, 0.1) is 6.92 Å². The van der Waals surface area contributed by atoms with E-state index in [1.54, 1.807) is 14.8 Å². The van der Waals surface area contributed by atoms with Gasteiger partial charge in [-0.15, -0.1) is 0 Å². The van der Waals surface area contributed by atoms with E-state index in [9.17, 15) is 8.42 Å². The van der Waals surface area contributed by atoms with E-state index in [1.807, 2.05) is 6.92 Å². The van der Waals surface area contributed by atoms with Gasteiger partial charge in [0, 0.05) is 19.6 Å². The number of H-pyrrole nitrogens is 1. The number of hydrogen-bond acceptors (Lipinski definition) is 4. The van der Waals surface area contributed by atoms with Crippen LogP contribution in [-0.2, 0) is 14.9 Å². The van der Waals surface area contributed by atoms with E-state index in [0.717, 1.165) is 30.5 Å². The summed E-state index contributed by atoms with van der Waals surface area (Å²) in [6.07, 6.45) is 4.54. The molecule has 8 heteroatoms. The average Bonchev–Trinajstić information content (AvgIpc) is 2.94. The predicted molar refractivity (Wildman–Crippen MR) is 77.9 cm³/mol. The van der Waals surface area contributed by atoms with Crippen molar-refractivity contribution < 1.29 is 13.2 Å². The lowest BCUT2D eigenvalue weighted by molar-refractivity contribution is 0.0681. The van der Waals surface area contributed by atoms with Crippen molar-refractivity contribution >= 4 is 10.2 Å². The Morgan fingerprint density at radius 3 is 2.71 bits per heavy atom. The summed E-state index contributed by atoms with van der Waals surface area (Å²) in [6, 6.07) is -0.130. The van der Waals surface area contributed by atoms with E-state index in [1.165, 1.54) is 0 Å². The molecule has 0 aromatic carbocycles. The van der Waals surface area contributed by atoms with Gasteiger partial charge in [-0.3, -0.25) is 5.10 Å². The number of hydrogen-bond donors (Lipinski definition) is 1. The topological polar surface area (TPSA) is 78.5 Å². The highest BCUT2D eigenvalue weighted by Gasteiger charge is 2.38. The maximum atomic E-state index is 12.9. The smallest absolute Gasteiger partial charge is 0.282 e. The number of morpholine rings is 1. The summed E-state index contributed by atoms with van der Waals surface area (Å²) in [6.45, 7) is 4.36. The lowest BCUT2D eigenvalue weighted by Crippen LogP contribution is -2.51. The van der Waals surface area contributed by atoms with Crippen molar-refractivity contribution in [3.8, 4) is 0 Å². The minimum atomic E-state index is -3.44. The van der Waals surface area contributed by atoms with E-state index in [4.69, 9.17) is 4.74 Å². The molecule has 0 spiro atoms. The van der Waals surface area contributed by atoms with Crippen LogP contribution in [0.2, 0.25) is 0 Å². The average molecular weight is 314 g/mol. The Kier molecular flexibility index (Phi) is 4.30. The zero-order valence-electron chi connectivity index (χ0n) is 12.3. The standard InChI is InChI=1S/C13H22N4O3S/c1-11-10-14-15-13(11)12-4-2-3-5-17(12)21(18,19)16-6-8-20-9-7-16/h10,12H,2-9H2,1H3,(H,14,15)/t12-/m1/s1. The number of aryl methyl sites for hydroxylation is 1. The van der Waals surface area contributed by atoms with Crippen molar-refractivity contribution in [1.82, 2.24) is 18.8 Å². The summed E-state index contributed by atoms with van der Waals surface area (Å²) >= 11 is 0. The second kappa shape index (κ2) is 6.04. The van der Waals surface area contributed by atoms with Gasteiger partial charge in [0.15, 0.2) is 0 Å². The van der Waals surface area contributed by atoms with Crippen molar-refractivity contribution in [2.45, 2.75) is 32.2 Å². The highest BCUT2D eigenvalue weighted by atomic mass is 32.2. The maximum Gasteiger partial charge on any atom is 0.282 e. The number of nitrogens with zero attached hydrogens (tertiary/aromatic N) is 3.